The molecule has 2 rings (SSSR count). The fourth-order valence-electron chi connectivity index (χ4n) is 2.71. The van der Waals surface area contributed by atoms with Crippen LogP contribution in [0.15, 0.2) is 27.3 Å². The quantitative estimate of drug-likeness (QED) is 0.448. The minimum absolute atomic E-state index is 0.275. The molecule has 2 N–H and O–H groups in total. The van der Waals surface area contributed by atoms with Crippen molar-refractivity contribution in [2.24, 2.45) is 5.92 Å². The zero-order chi connectivity index (χ0) is 19.4. The van der Waals surface area contributed by atoms with E-state index in [4.69, 9.17) is 26.4 Å². The number of hydrogen-bond donors (Lipinski definition) is 2. The van der Waals surface area contributed by atoms with Gasteiger partial charge in [-0.15, -0.1) is 0 Å². The molecule has 1 aromatic rings. The van der Waals surface area contributed by atoms with E-state index < -0.39 is 12.0 Å². The highest BCUT2D eigenvalue weighted by molar-refractivity contribution is 9.13. The van der Waals surface area contributed by atoms with E-state index in [1.54, 1.807) is 14.0 Å². The van der Waals surface area contributed by atoms with E-state index in [9.17, 15) is 4.79 Å². The van der Waals surface area contributed by atoms with Gasteiger partial charge in [0.15, 0.2) is 16.6 Å². The highest BCUT2D eigenvalue weighted by Crippen LogP contribution is 2.46. The number of thiocarbonyl (C=S) groups is 1. The summed E-state index contributed by atoms with van der Waals surface area (Å²) < 4.78 is 17.8. The second-order valence-corrected chi connectivity index (χ2v) is 7.38. The van der Waals surface area contributed by atoms with Gasteiger partial charge >= 0.3 is 5.97 Å². The van der Waals surface area contributed by atoms with E-state index in [2.05, 4.69) is 49.1 Å². The summed E-state index contributed by atoms with van der Waals surface area (Å²) in [6.45, 7) is 8.35. The summed E-state index contributed by atoms with van der Waals surface area (Å²) in [5.74, 6) is 0.0680. The normalized spacial score (nSPS) is 19.4. The molecular formula is C17H20Br2N2O4S. The molecule has 0 bridgehead atoms. The molecule has 0 amide bonds. The van der Waals surface area contributed by atoms with Crippen LogP contribution < -0.4 is 20.1 Å². The van der Waals surface area contributed by atoms with Crippen molar-refractivity contribution < 1.29 is 19.0 Å². The highest BCUT2D eigenvalue weighted by atomic mass is 79.9. The monoisotopic (exact) mass is 506 g/mol. The fraction of sp³-hybridized carbons (Fsp3) is 0.412. The van der Waals surface area contributed by atoms with Crippen LogP contribution >= 0.6 is 44.1 Å². The van der Waals surface area contributed by atoms with Crippen LogP contribution in [0.3, 0.4) is 0 Å². The third kappa shape index (κ3) is 4.15. The number of carbonyl (C=O) groups is 1. The van der Waals surface area contributed by atoms with Crippen molar-refractivity contribution in [2.45, 2.75) is 19.9 Å². The van der Waals surface area contributed by atoms with Crippen molar-refractivity contribution >= 4 is 55.2 Å². The molecule has 0 spiro atoms. The van der Waals surface area contributed by atoms with Crippen molar-refractivity contribution in [3.05, 3.63) is 32.9 Å². The molecule has 0 aromatic heterocycles. The summed E-state index contributed by atoms with van der Waals surface area (Å²) >= 11 is 12.4. The average Bonchev–Trinajstić information content (AvgIpc) is 2.58. The summed E-state index contributed by atoms with van der Waals surface area (Å²) in [4.78, 5) is 12.5. The van der Waals surface area contributed by atoms with Crippen molar-refractivity contribution in [2.75, 3.05) is 20.3 Å². The first-order valence-electron chi connectivity index (χ1n) is 7.97. The van der Waals surface area contributed by atoms with Gasteiger partial charge in [0.25, 0.3) is 0 Å². The lowest BCUT2D eigenvalue weighted by Crippen LogP contribution is -2.51. The van der Waals surface area contributed by atoms with Gasteiger partial charge in [-0.3, -0.25) is 4.79 Å². The first-order chi connectivity index (χ1) is 12.3. The maximum Gasteiger partial charge on any atom is 0.317 e. The third-order valence-corrected chi connectivity index (χ3v) is 6.17. The Labute approximate surface area is 174 Å². The number of benzene rings is 1. The average molecular weight is 508 g/mol. The summed E-state index contributed by atoms with van der Waals surface area (Å²) in [6, 6.07) is 1.33. The molecule has 9 heteroatoms. The van der Waals surface area contributed by atoms with Crippen LogP contribution in [0.5, 0.6) is 11.5 Å². The standard InChI is InChI=1S/C17H20Br2N2O4S/c1-5-24-15-10(23-4)7-9(12(18)13(15)19)14-11(16(22)25-6-2)8(3)20-17(26)21-14/h7,11,14H,3,5-6H2,1-2,4H3,(H2,20,21,26). The molecular weight excluding hydrogens is 488 g/mol. The Hall–Kier alpha value is -1.32. The Bertz CT molecular complexity index is 742. The van der Waals surface area contributed by atoms with Gasteiger partial charge in [0.05, 0.1) is 30.8 Å². The second kappa shape index (κ2) is 9.05. The summed E-state index contributed by atoms with van der Waals surface area (Å²) in [6.07, 6.45) is 0. The van der Waals surface area contributed by atoms with E-state index in [1.165, 1.54) is 0 Å². The first kappa shape index (κ1) is 21.0. The van der Waals surface area contributed by atoms with Gasteiger partial charge < -0.3 is 24.8 Å². The molecule has 1 heterocycles. The first-order valence-corrected chi connectivity index (χ1v) is 9.96. The molecule has 142 valence electrons. The van der Waals surface area contributed by atoms with E-state index in [-0.39, 0.29) is 12.6 Å². The number of ether oxygens (including phenoxy) is 3. The number of methoxy groups -OCH3 is 1. The molecule has 1 aliphatic rings. The Morgan fingerprint density at radius 3 is 2.58 bits per heavy atom. The molecule has 1 saturated heterocycles. The van der Waals surface area contributed by atoms with Crippen molar-refractivity contribution in [3.8, 4) is 11.5 Å². The summed E-state index contributed by atoms with van der Waals surface area (Å²) in [5.41, 5.74) is 1.24. The Kier molecular flexibility index (Phi) is 7.31. The molecule has 0 radical (unpaired) electrons. The topological polar surface area (TPSA) is 68.8 Å². The van der Waals surface area contributed by atoms with Crippen LogP contribution in [-0.2, 0) is 9.53 Å². The molecule has 0 aliphatic carbocycles. The molecule has 6 nitrogen and oxygen atoms in total. The van der Waals surface area contributed by atoms with E-state index in [1.807, 2.05) is 13.0 Å². The molecule has 1 aromatic carbocycles. The predicted octanol–water partition coefficient (Wildman–Crippen LogP) is 3.83. The van der Waals surface area contributed by atoms with Crippen LogP contribution in [0.2, 0.25) is 0 Å². The molecule has 2 atom stereocenters. The van der Waals surface area contributed by atoms with E-state index in [0.717, 1.165) is 10.0 Å². The van der Waals surface area contributed by atoms with Gasteiger partial charge in [-0.25, -0.2) is 0 Å². The molecule has 26 heavy (non-hydrogen) atoms. The minimum Gasteiger partial charge on any atom is -0.493 e. The van der Waals surface area contributed by atoms with Crippen molar-refractivity contribution in [3.63, 3.8) is 0 Å². The van der Waals surface area contributed by atoms with Crippen LogP contribution in [0, 0.1) is 5.92 Å². The number of carbonyl (C=O) groups excluding carboxylic acids is 1. The third-order valence-electron chi connectivity index (χ3n) is 3.81. The number of rotatable bonds is 6. The van der Waals surface area contributed by atoms with Gasteiger partial charge in [0.1, 0.15) is 5.92 Å². The number of nitrogens with one attached hydrogen (secondary N) is 2. The second-order valence-electron chi connectivity index (χ2n) is 5.39. The maximum atomic E-state index is 12.5. The minimum atomic E-state index is -0.660. The molecule has 0 saturated carbocycles. The lowest BCUT2D eigenvalue weighted by Gasteiger charge is -2.35. The largest absolute Gasteiger partial charge is 0.493 e. The van der Waals surface area contributed by atoms with Crippen LogP contribution in [0.4, 0.5) is 0 Å². The van der Waals surface area contributed by atoms with Crippen LogP contribution in [0.25, 0.3) is 0 Å². The molecule has 1 aliphatic heterocycles. The van der Waals surface area contributed by atoms with Gasteiger partial charge in [0, 0.05) is 10.2 Å². The van der Waals surface area contributed by atoms with Gasteiger partial charge in [-0.05, 0) is 69.6 Å². The fourth-order valence-corrected chi connectivity index (χ4v) is 4.05. The summed E-state index contributed by atoms with van der Waals surface area (Å²) in [7, 11) is 1.56. The van der Waals surface area contributed by atoms with Crippen LogP contribution in [0.1, 0.15) is 25.5 Å². The molecule has 2 unspecified atom stereocenters. The summed E-state index contributed by atoms with van der Waals surface area (Å²) in [5, 5.41) is 6.43. The lowest BCUT2D eigenvalue weighted by atomic mass is 9.89. The van der Waals surface area contributed by atoms with E-state index in [0.29, 0.717) is 33.4 Å². The predicted molar refractivity (Wildman–Crippen MR) is 110 cm³/mol. The van der Waals surface area contributed by atoms with Gasteiger partial charge in [0.2, 0.25) is 0 Å². The van der Waals surface area contributed by atoms with Crippen molar-refractivity contribution in [1.29, 1.82) is 0 Å². The zero-order valence-corrected chi connectivity index (χ0v) is 18.6. The van der Waals surface area contributed by atoms with Crippen LogP contribution in [-0.4, -0.2) is 31.4 Å². The number of halogens is 2. The Morgan fingerprint density at radius 1 is 1.31 bits per heavy atom. The maximum absolute atomic E-state index is 12.5. The highest BCUT2D eigenvalue weighted by Gasteiger charge is 2.39. The van der Waals surface area contributed by atoms with Gasteiger partial charge in [-0.1, -0.05) is 6.58 Å². The SMILES string of the molecule is C=C1NC(=S)NC(c2cc(OC)c(OCC)c(Br)c2Br)C1C(=O)OCC. The Morgan fingerprint density at radius 2 is 2.00 bits per heavy atom. The van der Waals surface area contributed by atoms with Crippen molar-refractivity contribution in [1.82, 2.24) is 10.6 Å². The van der Waals surface area contributed by atoms with Gasteiger partial charge in [-0.2, -0.15) is 0 Å². The number of hydrogen-bond acceptors (Lipinski definition) is 5. The molecule has 1 fully saturated rings. The zero-order valence-electron chi connectivity index (χ0n) is 14.7. The number of esters is 1. The lowest BCUT2D eigenvalue weighted by molar-refractivity contribution is -0.147. The smallest absolute Gasteiger partial charge is 0.317 e. The van der Waals surface area contributed by atoms with E-state index >= 15 is 0 Å². The Balaban J connectivity index is 2.58.